The van der Waals surface area contributed by atoms with E-state index in [1.165, 1.54) is 29.6 Å². The Morgan fingerprint density at radius 1 is 1.14 bits per heavy atom. The van der Waals surface area contributed by atoms with Gasteiger partial charge in [-0.15, -0.1) is 0 Å². The molecule has 108 valence electrons. The van der Waals surface area contributed by atoms with Crippen molar-refractivity contribution in [3.05, 3.63) is 57.4 Å². The van der Waals surface area contributed by atoms with E-state index in [1.54, 1.807) is 4.57 Å². The molecule has 1 aliphatic rings. The highest BCUT2D eigenvalue weighted by Crippen LogP contribution is 2.34. The smallest absolute Gasteiger partial charge is 0.358 e. The van der Waals surface area contributed by atoms with Crippen molar-refractivity contribution in [2.75, 3.05) is 0 Å². The Hall–Kier alpha value is -3.04. The minimum Gasteiger partial charge on any atom is -0.358 e. The highest BCUT2D eigenvalue weighted by Gasteiger charge is 2.29. The number of rotatable bonds is 4. The number of imidazole rings is 2. The minimum atomic E-state index is -0.562. The number of nitrogens with zero attached hydrogens (tertiary/aromatic N) is 6. The maximum atomic E-state index is 10.9. The van der Waals surface area contributed by atoms with E-state index in [9.17, 15) is 20.2 Å². The summed E-state index contributed by atoms with van der Waals surface area (Å²) in [5.74, 6) is -0.303. The first-order valence-corrected chi connectivity index (χ1v) is 6.08. The van der Waals surface area contributed by atoms with E-state index in [-0.39, 0.29) is 23.7 Å². The van der Waals surface area contributed by atoms with E-state index < -0.39 is 9.85 Å². The summed E-state index contributed by atoms with van der Waals surface area (Å²) >= 11 is 0. The SMILES string of the molecule is O=[N+]([O-])c1cn([C@H]2C=C[C@@H](n3cncc3[N+](=O)[O-])C2)cn1. The van der Waals surface area contributed by atoms with Crippen molar-refractivity contribution in [1.29, 1.82) is 0 Å². The lowest BCUT2D eigenvalue weighted by Gasteiger charge is -2.11. The van der Waals surface area contributed by atoms with Crippen LogP contribution in [0.2, 0.25) is 0 Å². The molecule has 2 heterocycles. The summed E-state index contributed by atoms with van der Waals surface area (Å²) in [5, 5.41) is 21.5. The zero-order valence-electron chi connectivity index (χ0n) is 10.6. The van der Waals surface area contributed by atoms with E-state index in [0.717, 1.165) is 0 Å². The Morgan fingerprint density at radius 2 is 1.90 bits per heavy atom. The lowest BCUT2D eigenvalue weighted by atomic mass is 10.2. The lowest BCUT2D eigenvalue weighted by Crippen LogP contribution is -2.09. The number of hydrogen-bond acceptors (Lipinski definition) is 6. The molecule has 2 aromatic heterocycles. The molecule has 0 radical (unpaired) electrons. The summed E-state index contributed by atoms with van der Waals surface area (Å²) < 4.78 is 3.10. The van der Waals surface area contributed by atoms with Crippen molar-refractivity contribution in [3.63, 3.8) is 0 Å². The molecule has 0 unspecified atom stereocenters. The average molecular weight is 290 g/mol. The summed E-state index contributed by atoms with van der Waals surface area (Å²) in [6, 6.07) is -0.336. The fourth-order valence-electron chi connectivity index (χ4n) is 2.38. The summed E-state index contributed by atoms with van der Waals surface area (Å²) in [5.41, 5.74) is 0. The Bertz CT molecular complexity index is 733. The molecule has 0 spiro atoms. The van der Waals surface area contributed by atoms with Gasteiger partial charge in [-0.05, 0) is 20.9 Å². The largest absolute Gasteiger partial charge is 0.381 e. The molecule has 10 nitrogen and oxygen atoms in total. The molecule has 0 bridgehead atoms. The van der Waals surface area contributed by atoms with Crippen LogP contribution in [-0.2, 0) is 0 Å². The number of allylic oxidation sites excluding steroid dienone is 2. The van der Waals surface area contributed by atoms with Crippen LogP contribution in [0.15, 0.2) is 37.2 Å². The van der Waals surface area contributed by atoms with Crippen molar-refractivity contribution in [2.45, 2.75) is 18.5 Å². The van der Waals surface area contributed by atoms with Crippen LogP contribution in [0.1, 0.15) is 18.5 Å². The molecule has 3 rings (SSSR count). The standard InChI is InChI=1S/C11H10N6O4/c18-16(19)10-5-14(7-13-10)8-1-2-9(3-8)15-6-12-4-11(15)17(20)21/h1-2,4-9H,3H2/t8-,9+/m0/s1. The van der Waals surface area contributed by atoms with Crippen LogP contribution in [0, 0.1) is 20.2 Å². The molecule has 0 saturated heterocycles. The van der Waals surface area contributed by atoms with Gasteiger partial charge in [-0.2, -0.15) is 0 Å². The first-order chi connectivity index (χ1) is 10.1. The van der Waals surface area contributed by atoms with Gasteiger partial charge in [0.05, 0.1) is 6.04 Å². The normalized spacial score (nSPS) is 20.8. The molecule has 0 aliphatic heterocycles. The minimum absolute atomic E-state index is 0.0816. The first kappa shape index (κ1) is 13.0. The van der Waals surface area contributed by atoms with Crippen LogP contribution < -0.4 is 0 Å². The third-order valence-electron chi connectivity index (χ3n) is 3.39. The molecule has 0 N–H and O–H groups in total. The molecule has 0 aromatic carbocycles. The molecular formula is C11H10N6O4. The van der Waals surface area contributed by atoms with E-state index in [1.807, 2.05) is 12.2 Å². The molecular weight excluding hydrogens is 280 g/mol. The summed E-state index contributed by atoms with van der Waals surface area (Å²) in [4.78, 5) is 28.0. The molecule has 10 heteroatoms. The second-order valence-electron chi connectivity index (χ2n) is 4.61. The van der Waals surface area contributed by atoms with Gasteiger partial charge >= 0.3 is 11.6 Å². The van der Waals surface area contributed by atoms with Crippen molar-refractivity contribution >= 4 is 11.6 Å². The summed E-state index contributed by atoms with van der Waals surface area (Å²) in [6.45, 7) is 0. The van der Waals surface area contributed by atoms with Gasteiger partial charge in [0, 0.05) is 6.42 Å². The van der Waals surface area contributed by atoms with Gasteiger partial charge in [0.15, 0.2) is 6.33 Å². The van der Waals surface area contributed by atoms with Crippen molar-refractivity contribution in [3.8, 4) is 0 Å². The highest BCUT2D eigenvalue weighted by atomic mass is 16.6. The molecule has 0 saturated carbocycles. The zero-order valence-corrected chi connectivity index (χ0v) is 10.6. The maximum Gasteiger partial charge on any atom is 0.381 e. The van der Waals surface area contributed by atoms with Gasteiger partial charge in [0.1, 0.15) is 18.4 Å². The van der Waals surface area contributed by atoms with Crippen LogP contribution in [0.3, 0.4) is 0 Å². The predicted octanol–water partition coefficient (Wildman–Crippen LogP) is 1.64. The number of aromatic nitrogens is 4. The van der Waals surface area contributed by atoms with Gasteiger partial charge in [0.2, 0.25) is 6.33 Å². The van der Waals surface area contributed by atoms with E-state index in [2.05, 4.69) is 9.97 Å². The van der Waals surface area contributed by atoms with E-state index in [4.69, 9.17) is 0 Å². The Kier molecular flexibility index (Phi) is 2.97. The number of nitro groups is 2. The van der Waals surface area contributed by atoms with Crippen molar-refractivity contribution in [1.82, 2.24) is 19.1 Å². The second kappa shape index (κ2) is 4.81. The fraction of sp³-hybridized carbons (Fsp3) is 0.273. The maximum absolute atomic E-state index is 10.9. The van der Waals surface area contributed by atoms with Gasteiger partial charge in [0.25, 0.3) is 0 Å². The predicted molar refractivity (Wildman–Crippen MR) is 69.6 cm³/mol. The lowest BCUT2D eigenvalue weighted by molar-refractivity contribution is -0.392. The summed E-state index contributed by atoms with van der Waals surface area (Å²) in [6.07, 6.45) is 9.56. The van der Waals surface area contributed by atoms with Crippen molar-refractivity contribution in [2.24, 2.45) is 0 Å². The average Bonchev–Trinajstić information content (AvgIpc) is 3.17. The zero-order chi connectivity index (χ0) is 15.0. The van der Waals surface area contributed by atoms with Crippen molar-refractivity contribution < 1.29 is 9.85 Å². The van der Waals surface area contributed by atoms with Crippen LogP contribution in [0.25, 0.3) is 0 Å². The molecule has 1 aliphatic carbocycles. The molecule has 2 atom stereocenters. The van der Waals surface area contributed by atoms with Crippen LogP contribution >= 0.6 is 0 Å². The van der Waals surface area contributed by atoms with E-state index in [0.29, 0.717) is 6.42 Å². The topological polar surface area (TPSA) is 122 Å². The summed E-state index contributed by atoms with van der Waals surface area (Å²) in [7, 11) is 0. The number of hydrogen-bond donors (Lipinski definition) is 0. The monoisotopic (exact) mass is 290 g/mol. The highest BCUT2D eigenvalue weighted by molar-refractivity contribution is 5.22. The third kappa shape index (κ3) is 2.26. The third-order valence-corrected chi connectivity index (χ3v) is 3.39. The Balaban J connectivity index is 1.79. The van der Waals surface area contributed by atoms with Gasteiger partial charge in [-0.1, -0.05) is 6.08 Å². The Morgan fingerprint density at radius 3 is 2.57 bits per heavy atom. The van der Waals surface area contributed by atoms with Crippen LogP contribution in [-0.4, -0.2) is 28.9 Å². The first-order valence-electron chi connectivity index (χ1n) is 6.08. The molecule has 0 amide bonds. The molecule has 0 fully saturated rings. The molecule has 21 heavy (non-hydrogen) atoms. The second-order valence-corrected chi connectivity index (χ2v) is 4.61. The van der Waals surface area contributed by atoms with Crippen LogP contribution in [0.5, 0.6) is 0 Å². The quantitative estimate of drug-likeness (QED) is 0.479. The van der Waals surface area contributed by atoms with Gasteiger partial charge < -0.3 is 24.8 Å². The van der Waals surface area contributed by atoms with E-state index >= 15 is 0 Å². The molecule has 2 aromatic rings. The van der Waals surface area contributed by atoms with Gasteiger partial charge in [-0.3, -0.25) is 0 Å². The van der Waals surface area contributed by atoms with Crippen LogP contribution in [0.4, 0.5) is 11.6 Å². The Labute approximate surface area is 117 Å². The fourth-order valence-corrected chi connectivity index (χ4v) is 2.38. The van der Waals surface area contributed by atoms with Gasteiger partial charge in [-0.25, -0.2) is 9.55 Å².